The van der Waals surface area contributed by atoms with Gasteiger partial charge in [-0.2, -0.15) is 0 Å². The second-order valence-electron chi connectivity index (χ2n) is 8.60. The Kier molecular flexibility index (Phi) is 4.63. The molecule has 0 aromatic heterocycles. The lowest BCUT2D eigenvalue weighted by atomic mass is 9.71. The zero-order chi connectivity index (χ0) is 15.0. The van der Waals surface area contributed by atoms with E-state index in [9.17, 15) is 0 Å². The Balaban J connectivity index is 1.68. The predicted molar refractivity (Wildman–Crippen MR) is 89.6 cm³/mol. The molecule has 0 radical (unpaired) electrons. The third-order valence-corrected chi connectivity index (χ3v) is 6.58. The lowest BCUT2D eigenvalue weighted by Gasteiger charge is -2.52. The predicted octanol–water partition coefficient (Wildman–Crippen LogP) is 2.57. The summed E-state index contributed by atoms with van der Waals surface area (Å²) in [6.07, 6.45) is 8.32. The van der Waals surface area contributed by atoms with Gasteiger partial charge in [-0.25, -0.2) is 0 Å². The molecule has 3 heteroatoms. The van der Waals surface area contributed by atoms with Crippen molar-refractivity contribution in [2.24, 2.45) is 11.3 Å². The van der Waals surface area contributed by atoms with Gasteiger partial charge in [0.2, 0.25) is 0 Å². The van der Waals surface area contributed by atoms with Crippen LogP contribution in [0.1, 0.15) is 52.4 Å². The van der Waals surface area contributed by atoms with E-state index in [1.165, 1.54) is 58.2 Å². The van der Waals surface area contributed by atoms with E-state index in [0.29, 0.717) is 11.5 Å². The summed E-state index contributed by atoms with van der Waals surface area (Å²) in [6.45, 7) is 8.90. The van der Waals surface area contributed by atoms with E-state index in [4.69, 9.17) is 0 Å². The maximum Gasteiger partial charge on any atom is 0.0254 e. The Labute approximate surface area is 131 Å². The van der Waals surface area contributed by atoms with Crippen molar-refractivity contribution in [1.82, 2.24) is 15.1 Å². The van der Waals surface area contributed by atoms with Crippen molar-refractivity contribution in [3.63, 3.8) is 0 Å². The van der Waals surface area contributed by atoms with Crippen LogP contribution in [-0.4, -0.2) is 61.7 Å². The van der Waals surface area contributed by atoms with E-state index in [2.05, 4.69) is 43.1 Å². The number of hydrogen-bond donors (Lipinski definition) is 1. The highest BCUT2D eigenvalue weighted by molar-refractivity contribution is 4.98. The second kappa shape index (κ2) is 6.17. The Morgan fingerprint density at radius 1 is 1.05 bits per heavy atom. The molecular formula is C18H35N3. The average Bonchev–Trinajstić information content (AvgIpc) is 2.46. The van der Waals surface area contributed by atoms with Crippen molar-refractivity contribution in [1.29, 1.82) is 0 Å². The smallest absolute Gasteiger partial charge is 0.0254 e. The molecule has 0 bridgehead atoms. The van der Waals surface area contributed by atoms with Gasteiger partial charge in [0, 0.05) is 31.2 Å². The average molecular weight is 293 g/mol. The molecule has 3 aliphatic rings. The number of fused-ring (bicyclic) bond motifs is 1. The summed E-state index contributed by atoms with van der Waals surface area (Å²) in [5, 5.41) is 3.62. The van der Waals surface area contributed by atoms with Gasteiger partial charge in [-0.1, -0.05) is 13.8 Å². The third kappa shape index (κ3) is 3.30. The summed E-state index contributed by atoms with van der Waals surface area (Å²) in [5.74, 6) is 0.917. The number of rotatable bonds is 2. The van der Waals surface area contributed by atoms with Crippen molar-refractivity contribution < 1.29 is 0 Å². The SMILES string of the molecule is CNC1CCC(C)(C)CC1N1CCC2C(CCCN2C)C1. The topological polar surface area (TPSA) is 18.5 Å². The number of hydrogen-bond acceptors (Lipinski definition) is 3. The summed E-state index contributed by atoms with van der Waals surface area (Å²) in [7, 11) is 4.50. The minimum absolute atomic E-state index is 0.526. The van der Waals surface area contributed by atoms with Gasteiger partial charge in [-0.15, -0.1) is 0 Å². The number of piperidine rings is 2. The van der Waals surface area contributed by atoms with Gasteiger partial charge in [0.15, 0.2) is 0 Å². The van der Waals surface area contributed by atoms with Gasteiger partial charge in [0.05, 0.1) is 0 Å². The maximum absolute atomic E-state index is 3.62. The molecule has 122 valence electrons. The highest BCUT2D eigenvalue weighted by Gasteiger charge is 2.41. The highest BCUT2D eigenvalue weighted by atomic mass is 15.2. The van der Waals surface area contributed by atoms with E-state index < -0.39 is 0 Å². The molecule has 1 N–H and O–H groups in total. The maximum atomic E-state index is 3.62. The summed E-state index contributed by atoms with van der Waals surface area (Å²) < 4.78 is 0. The van der Waals surface area contributed by atoms with Gasteiger partial charge in [0.1, 0.15) is 0 Å². The van der Waals surface area contributed by atoms with Crippen molar-refractivity contribution >= 4 is 0 Å². The van der Waals surface area contributed by atoms with E-state index >= 15 is 0 Å². The first-order valence-electron chi connectivity index (χ1n) is 9.12. The molecule has 0 spiro atoms. The summed E-state index contributed by atoms with van der Waals surface area (Å²) in [5.41, 5.74) is 0.526. The van der Waals surface area contributed by atoms with E-state index in [1.54, 1.807) is 0 Å². The summed E-state index contributed by atoms with van der Waals surface area (Å²) in [6, 6.07) is 2.32. The lowest BCUT2D eigenvalue weighted by molar-refractivity contribution is -0.0109. The van der Waals surface area contributed by atoms with E-state index in [1.807, 2.05) is 0 Å². The summed E-state index contributed by atoms with van der Waals surface area (Å²) in [4.78, 5) is 5.48. The van der Waals surface area contributed by atoms with Crippen LogP contribution in [0, 0.1) is 11.3 Å². The number of likely N-dealkylation sites (N-methyl/N-ethyl adjacent to an activating group) is 1. The van der Waals surface area contributed by atoms with Crippen molar-refractivity contribution in [2.75, 3.05) is 33.7 Å². The molecular weight excluding hydrogens is 258 g/mol. The minimum atomic E-state index is 0.526. The van der Waals surface area contributed by atoms with Crippen LogP contribution in [0.5, 0.6) is 0 Å². The molecule has 0 aromatic rings. The Morgan fingerprint density at radius 2 is 1.86 bits per heavy atom. The van der Waals surface area contributed by atoms with Crippen LogP contribution >= 0.6 is 0 Å². The molecule has 1 saturated carbocycles. The van der Waals surface area contributed by atoms with Crippen molar-refractivity contribution in [3.05, 3.63) is 0 Å². The van der Waals surface area contributed by atoms with Crippen molar-refractivity contribution in [3.8, 4) is 0 Å². The zero-order valence-electron chi connectivity index (χ0n) is 14.6. The zero-order valence-corrected chi connectivity index (χ0v) is 14.6. The molecule has 21 heavy (non-hydrogen) atoms. The molecule has 3 nitrogen and oxygen atoms in total. The fourth-order valence-electron chi connectivity index (χ4n) is 5.25. The van der Waals surface area contributed by atoms with Crippen LogP contribution in [0.15, 0.2) is 0 Å². The molecule has 4 unspecified atom stereocenters. The van der Waals surface area contributed by atoms with Gasteiger partial charge in [-0.3, -0.25) is 4.90 Å². The molecule has 4 atom stereocenters. The number of nitrogens with one attached hydrogen (secondary N) is 1. The van der Waals surface area contributed by atoms with E-state index in [-0.39, 0.29) is 0 Å². The molecule has 3 rings (SSSR count). The highest BCUT2D eigenvalue weighted by Crippen LogP contribution is 2.39. The van der Waals surface area contributed by atoms with E-state index in [0.717, 1.165) is 18.0 Å². The minimum Gasteiger partial charge on any atom is -0.315 e. The molecule has 0 aromatic carbocycles. The molecule has 2 saturated heterocycles. The first-order chi connectivity index (χ1) is 10.00. The van der Waals surface area contributed by atoms with Crippen LogP contribution in [0.4, 0.5) is 0 Å². The summed E-state index contributed by atoms with van der Waals surface area (Å²) >= 11 is 0. The van der Waals surface area contributed by atoms with Crippen molar-refractivity contribution in [2.45, 2.75) is 70.5 Å². The van der Waals surface area contributed by atoms with Crippen LogP contribution < -0.4 is 5.32 Å². The largest absolute Gasteiger partial charge is 0.315 e. The monoisotopic (exact) mass is 293 g/mol. The number of likely N-dealkylation sites (tertiary alicyclic amines) is 2. The lowest BCUT2D eigenvalue weighted by Crippen LogP contribution is -2.60. The van der Waals surface area contributed by atoms with Crippen LogP contribution in [0.3, 0.4) is 0 Å². The molecule has 2 aliphatic heterocycles. The first-order valence-corrected chi connectivity index (χ1v) is 9.12. The molecule has 2 heterocycles. The van der Waals surface area contributed by atoms with Gasteiger partial charge >= 0.3 is 0 Å². The standard InChI is InChI=1S/C18H35N3/c1-18(2)9-7-15(19-3)17(12-18)21-11-8-16-14(13-21)6-5-10-20(16)4/h14-17,19H,5-13H2,1-4H3. The first kappa shape index (κ1) is 15.8. The Morgan fingerprint density at radius 3 is 2.62 bits per heavy atom. The van der Waals surface area contributed by atoms with Crippen LogP contribution in [-0.2, 0) is 0 Å². The second-order valence-corrected chi connectivity index (χ2v) is 8.60. The Bertz CT molecular complexity index is 354. The van der Waals surface area contributed by atoms with Gasteiger partial charge in [-0.05, 0) is 70.5 Å². The van der Waals surface area contributed by atoms with Crippen LogP contribution in [0.25, 0.3) is 0 Å². The third-order valence-electron chi connectivity index (χ3n) is 6.58. The molecule has 3 fully saturated rings. The normalized spacial score (nSPS) is 41.7. The fourth-order valence-corrected chi connectivity index (χ4v) is 5.25. The quantitative estimate of drug-likeness (QED) is 0.844. The molecule has 0 amide bonds. The molecule has 1 aliphatic carbocycles. The Hall–Kier alpha value is -0.120. The number of nitrogens with zero attached hydrogens (tertiary/aromatic N) is 2. The fraction of sp³-hybridized carbons (Fsp3) is 1.00. The van der Waals surface area contributed by atoms with Gasteiger partial charge in [0.25, 0.3) is 0 Å². The van der Waals surface area contributed by atoms with Crippen LogP contribution in [0.2, 0.25) is 0 Å². The van der Waals surface area contributed by atoms with Gasteiger partial charge < -0.3 is 10.2 Å².